The zero-order valence-electron chi connectivity index (χ0n) is 10.2. The molecule has 102 valence electrons. The summed E-state index contributed by atoms with van der Waals surface area (Å²) in [5.41, 5.74) is 1.56. The molecule has 0 spiro atoms. The normalized spacial score (nSPS) is 9.90. The summed E-state index contributed by atoms with van der Waals surface area (Å²) < 4.78 is 1.72. The van der Waals surface area contributed by atoms with E-state index in [4.69, 9.17) is 0 Å². The number of carbonyl (C=O) groups excluding carboxylic acids is 2. The second-order valence-electron chi connectivity index (χ2n) is 4.00. The third-order valence-corrected chi connectivity index (χ3v) is 3.62. The second kappa shape index (κ2) is 6.70. The Morgan fingerprint density at radius 1 is 1.20 bits per heavy atom. The Labute approximate surface area is 132 Å². The molecule has 1 amide bonds. The van der Waals surface area contributed by atoms with Crippen molar-refractivity contribution >= 4 is 49.3 Å². The minimum atomic E-state index is -0.277. The van der Waals surface area contributed by atoms with Crippen LogP contribution < -0.4 is 5.32 Å². The fourth-order valence-electron chi connectivity index (χ4n) is 1.61. The van der Waals surface area contributed by atoms with Crippen LogP contribution in [0.3, 0.4) is 0 Å². The molecule has 0 aliphatic carbocycles. The number of amides is 1. The first-order valence-corrected chi connectivity index (χ1v) is 7.31. The molecule has 6 heteroatoms. The number of aromatic amines is 1. The summed E-state index contributed by atoms with van der Waals surface area (Å²) >= 11 is 6.58. The van der Waals surface area contributed by atoms with Gasteiger partial charge < -0.3 is 10.3 Å². The monoisotopic (exact) mass is 396 g/mol. The van der Waals surface area contributed by atoms with Crippen LogP contribution in [-0.2, 0) is 4.79 Å². The molecule has 20 heavy (non-hydrogen) atoms. The summed E-state index contributed by atoms with van der Waals surface area (Å²) in [5, 5.41) is 2.67. The van der Waals surface area contributed by atoms with Crippen LogP contribution in [0.4, 0.5) is 0 Å². The smallest absolute Gasteiger partial charge is 0.268 e. The maximum atomic E-state index is 11.8. The molecule has 0 radical (unpaired) electrons. The van der Waals surface area contributed by atoms with Crippen molar-refractivity contribution in [2.24, 2.45) is 0 Å². The first-order valence-electron chi connectivity index (χ1n) is 5.72. The van der Waals surface area contributed by atoms with E-state index in [1.54, 1.807) is 24.4 Å². The van der Waals surface area contributed by atoms with Gasteiger partial charge in [-0.2, -0.15) is 0 Å². The van der Waals surface area contributed by atoms with Gasteiger partial charge in [-0.3, -0.25) is 4.79 Å². The van der Waals surface area contributed by atoms with Crippen molar-refractivity contribution in [2.75, 3.05) is 6.54 Å². The lowest BCUT2D eigenvalue weighted by Gasteiger charge is -2.05. The van der Waals surface area contributed by atoms with Gasteiger partial charge in [0.15, 0.2) is 0 Å². The first-order chi connectivity index (χ1) is 9.60. The number of carbonyl (C=O) groups is 1. The molecule has 0 saturated heterocycles. The van der Waals surface area contributed by atoms with Crippen molar-refractivity contribution in [1.82, 2.24) is 10.3 Å². The van der Waals surface area contributed by atoms with E-state index in [1.807, 2.05) is 18.1 Å². The molecule has 0 unspecified atom stereocenters. The highest BCUT2D eigenvalue weighted by Crippen LogP contribution is 2.16. The van der Waals surface area contributed by atoms with E-state index in [2.05, 4.69) is 42.2 Å². The van der Waals surface area contributed by atoms with Crippen LogP contribution in [0.1, 0.15) is 16.1 Å². The SMILES string of the molecule is O=C=C(CNC(=O)c1cc(Br)c[nH]1)c1ccc(Br)cc1. The van der Waals surface area contributed by atoms with E-state index in [-0.39, 0.29) is 12.5 Å². The lowest BCUT2D eigenvalue weighted by molar-refractivity contribution is 0.0954. The molecule has 0 bridgehead atoms. The van der Waals surface area contributed by atoms with Crippen LogP contribution in [-0.4, -0.2) is 23.4 Å². The molecule has 1 aromatic carbocycles. The van der Waals surface area contributed by atoms with Crippen molar-refractivity contribution in [2.45, 2.75) is 0 Å². The van der Waals surface area contributed by atoms with Crippen LogP contribution in [0.2, 0.25) is 0 Å². The van der Waals surface area contributed by atoms with E-state index >= 15 is 0 Å². The van der Waals surface area contributed by atoms with Gasteiger partial charge >= 0.3 is 0 Å². The Morgan fingerprint density at radius 2 is 1.90 bits per heavy atom. The van der Waals surface area contributed by atoms with E-state index in [1.165, 1.54) is 0 Å². The first kappa shape index (κ1) is 14.8. The average Bonchev–Trinajstić information content (AvgIpc) is 2.88. The third-order valence-electron chi connectivity index (χ3n) is 2.63. The lowest BCUT2D eigenvalue weighted by Crippen LogP contribution is -2.25. The van der Waals surface area contributed by atoms with E-state index in [0.29, 0.717) is 11.3 Å². The van der Waals surface area contributed by atoms with Crippen molar-refractivity contribution in [1.29, 1.82) is 0 Å². The summed E-state index contributed by atoms with van der Waals surface area (Å²) in [7, 11) is 0. The van der Waals surface area contributed by atoms with Crippen LogP contribution in [0.15, 0.2) is 45.5 Å². The van der Waals surface area contributed by atoms with Crippen LogP contribution in [0, 0.1) is 0 Å². The highest BCUT2D eigenvalue weighted by molar-refractivity contribution is 9.10. The molecule has 0 aliphatic rings. The molecule has 2 aromatic rings. The summed E-state index contributed by atoms with van der Waals surface area (Å²) in [4.78, 5) is 25.7. The van der Waals surface area contributed by atoms with Crippen LogP contribution >= 0.6 is 31.9 Å². The highest BCUT2D eigenvalue weighted by Gasteiger charge is 2.09. The molecular formula is C14H10Br2N2O2. The van der Waals surface area contributed by atoms with Crippen LogP contribution in [0.25, 0.3) is 5.57 Å². The Hall–Kier alpha value is -1.62. The molecule has 2 rings (SSSR count). The molecule has 1 heterocycles. The van der Waals surface area contributed by atoms with Gasteiger partial charge in [0.05, 0.1) is 12.1 Å². The summed E-state index contributed by atoms with van der Waals surface area (Å²) in [6, 6.07) is 8.91. The van der Waals surface area contributed by atoms with Gasteiger partial charge in [0.2, 0.25) is 0 Å². The number of hydrogen-bond acceptors (Lipinski definition) is 2. The fraction of sp³-hybridized carbons (Fsp3) is 0.0714. The molecule has 1 aromatic heterocycles. The lowest BCUT2D eigenvalue weighted by atomic mass is 10.1. The van der Waals surface area contributed by atoms with Gasteiger partial charge in [0, 0.05) is 15.1 Å². The zero-order valence-corrected chi connectivity index (χ0v) is 13.4. The predicted octanol–water partition coefficient (Wildman–Crippen LogP) is 3.18. The summed E-state index contributed by atoms with van der Waals surface area (Å²) in [5.74, 6) is 1.59. The molecular weight excluding hydrogens is 388 g/mol. The van der Waals surface area contributed by atoms with Crippen LogP contribution in [0.5, 0.6) is 0 Å². The highest BCUT2D eigenvalue weighted by atomic mass is 79.9. The average molecular weight is 398 g/mol. The quantitative estimate of drug-likeness (QED) is 0.778. The van der Waals surface area contributed by atoms with Gasteiger partial charge in [0.1, 0.15) is 11.6 Å². The standard InChI is InChI=1S/C14H10Br2N2O2/c15-11-3-1-9(2-4-11)10(8-19)6-18-14(20)13-5-12(16)7-17-13/h1-5,7,17H,6H2,(H,18,20). The molecule has 0 saturated carbocycles. The Bertz CT molecular complexity index is 671. The Balaban J connectivity index is 2.03. The van der Waals surface area contributed by atoms with Crippen molar-refractivity contribution in [3.05, 3.63) is 56.7 Å². The maximum absolute atomic E-state index is 11.8. The number of H-pyrrole nitrogens is 1. The maximum Gasteiger partial charge on any atom is 0.268 e. The number of benzene rings is 1. The summed E-state index contributed by atoms with van der Waals surface area (Å²) in [6.45, 7) is 0.126. The topological polar surface area (TPSA) is 62.0 Å². The van der Waals surface area contributed by atoms with Gasteiger partial charge in [0.25, 0.3) is 5.91 Å². The third kappa shape index (κ3) is 3.70. The Kier molecular flexibility index (Phi) is 4.95. The predicted molar refractivity (Wildman–Crippen MR) is 84.1 cm³/mol. The molecule has 0 aliphatic heterocycles. The largest absolute Gasteiger partial charge is 0.356 e. The second-order valence-corrected chi connectivity index (χ2v) is 5.83. The van der Waals surface area contributed by atoms with Crippen molar-refractivity contribution in [3.8, 4) is 0 Å². The molecule has 4 nitrogen and oxygen atoms in total. The number of aromatic nitrogens is 1. The molecule has 0 atom stereocenters. The molecule has 0 fully saturated rings. The molecule has 2 N–H and O–H groups in total. The van der Waals surface area contributed by atoms with Crippen molar-refractivity contribution in [3.63, 3.8) is 0 Å². The van der Waals surface area contributed by atoms with Gasteiger partial charge in [-0.05, 0) is 39.7 Å². The number of halogens is 2. The Morgan fingerprint density at radius 3 is 2.45 bits per heavy atom. The van der Waals surface area contributed by atoms with E-state index in [0.717, 1.165) is 14.5 Å². The van der Waals surface area contributed by atoms with E-state index < -0.39 is 0 Å². The minimum absolute atomic E-state index is 0.126. The number of nitrogens with one attached hydrogen (secondary N) is 2. The van der Waals surface area contributed by atoms with Gasteiger partial charge in [-0.15, -0.1) is 0 Å². The summed E-state index contributed by atoms with van der Waals surface area (Å²) in [6.07, 6.45) is 1.67. The van der Waals surface area contributed by atoms with Gasteiger partial charge in [-0.25, -0.2) is 4.79 Å². The van der Waals surface area contributed by atoms with Crippen molar-refractivity contribution < 1.29 is 9.59 Å². The van der Waals surface area contributed by atoms with Gasteiger partial charge in [-0.1, -0.05) is 28.1 Å². The van der Waals surface area contributed by atoms with E-state index in [9.17, 15) is 9.59 Å². The number of rotatable bonds is 4. The fourth-order valence-corrected chi connectivity index (χ4v) is 2.22. The minimum Gasteiger partial charge on any atom is -0.356 e. The number of hydrogen-bond donors (Lipinski definition) is 2. The zero-order chi connectivity index (χ0) is 14.5.